The molecule has 216 valence electrons. The van der Waals surface area contributed by atoms with E-state index < -0.39 is 22.3 Å². The van der Waals surface area contributed by atoms with Gasteiger partial charge in [-0.15, -0.1) is 0 Å². The highest BCUT2D eigenvalue weighted by atomic mass is 16.5. The van der Waals surface area contributed by atoms with Gasteiger partial charge in [-0.25, -0.2) is 0 Å². The van der Waals surface area contributed by atoms with E-state index in [1.54, 1.807) is 6.92 Å². The fourth-order valence-electron chi connectivity index (χ4n) is 9.17. The molecule has 0 unspecified atom stereocenters. The van der Waals surface area contributed by atoms with E-state index in [2.05, 4.69) is 13.8 Å². The number of esters is 1. The van der Waals surface area contributed by atoms with E-state index in [9.17, 15) is 24.6 Å². The van der Waals surface area contributed by atoms with Gasteiger partial charge in [0.15, 0.2) is 5.78 Å². The molecule has 0 saturated heterocycles. The van der Waals surface area contributed by atoms with Crippen LogP contribution in [0.15, 0.2) is 0 Å². The summed E-state index contributed by atoms with van der Waals surface area (Å²) in [5.74, 6) is 0.357. The standard InChI is InChI=1S/C32H52O6/c1-19(18-38-28(36)29(3,4)5)8-11-26(34)20(2)32(37)27(35)17-25-23-10-9-21-16-22(33)12-14-30(21,6)24(23)13-15-31(25,32)7/h19-25,33,37H,8-18H2,1-7H3/t19-,20-,21+,22+,23-,24+,25+,30+,31+,32-/m1/s1. The lowest BCUT2D eigenvalue weighted by Gasteiger charge is -2.61. The Labute approximate surface area is 229 Å². The monoisotopic (exact) mass is 532 g/mol. The topological polar surface area (TPSA) is 101 Å². The van der Waals surface area contributed by atoms with Gasteiger partial charge >= 0.3 is 5.97 Å². The highest BCUT2D eigenvalue weighted by molar-refractivity contribution is 5.97. The summed E-state index contributed by atoms with van der Waals surface area (Å²) in [5, 5.41) is 22.4. The van der Waals surface area contributed by atoms with Crippen molar-refractivity contribution in [1.82, 2.24) is 0 Å². The molecule has 0 aromatic rings. The van der Waals surface area contributed by atoms with Crippen LogP contribution < -0.4 is 0 Å². The number of aliphatic hydroxyl groups excluding tert-OH is 1. The zero-order valence-corrected chi connectivity index (χ0v) is 24.8. The van der Waals surface area contributed by atoms with Crippen LogP contribution in [-0.4, -0.2) is 46.1 Å². The van der Waals surface area contributed by atoms with Crippen LogP contribution in [-0.2, 0) is 19.1 Å². The fourth-order valence-corrected chi connectivity index (χ4v) is 9.17. The van der Waals surface area contributed by atoms with Crippen LogP contribution in [0.4, 0.5) is 0 Å². The molecule has 6 heteroatoms. The summed E-state index contributed by atoms with van der Waals surface area (Å²) in [4.78, 5) is 39.1. The molecule has 4 fully saturated rings. The third kappa shape index (κ3) is 4.80. The average molecular weight is 533 g/mol. The third-order valence-electron chi connectivity index (χ3n) is 11.8. The highest BCUT2D eigenvalue weighted by Crippen LogP contribution is 2.68. The number of hydrogen-bond acceptors (Lipinski definition) is 6. The second kappa shape index (κ2) is 10.3. The van der Waals surface area contributed by atoms with E-state index in [1.165, 1.54) is 0 Å². The van der Waals surface area contributed by atoms with Gasteiger partial charge in [0.05, 0.1) is 24.0 Å². The van der Waals surface area contributed by atoms with Crippen molar-refractivity contribution in [2.45, 2.75) is 124 Å². The van der Waals surface area contributed by atoms with Crippen molar-refractivity contribution in [3.8, 4) is 0 Å². The number of carbonyl (C=O) groups is 3. The minimum Gasteiger partial charge on any atom is -0.465 e. The van der Waals surface area contributed by atoms with Gasteiger partial charge in [-0.2, -0.15) is 0 Å². The number of rotatable bonds is 7. The summed E-state index contributed by atoms with van der Waals surface area (Å²) in [6.07, 6.45) is 7.68. The molecule has 0 bridgehead atoms. The smallest absolute Gasteiger partial charge is 0.311 e. The van der Waals surface area contributed by atoms with Crippen molar-refractivity contribution in [3.63, 3.8) is 0 Å². The normalized spacial score (nSPS) is 42.4. The van der Waals surface area contributed by atoms with Gasteiger partial charge < -0.3 is 14.9 Å². The molecule has 0 heterocycles. The molecule has 4 aliphatic rings. The second-order valence-corrected chi connectivity index (χ2v) is 15.1. The number of ether oxygens (including phenoxy) is 1. The second-order valence-electron chi connectivity index (χ2n) is 15.1. The molecular formula is C32H52O6. The summed E-state index contributed by atoms with van der Waals surface area (Å²) >= 11 is 0. The molecule has 0 amide bonds. The van der Waals surface area contributed by atoms with Crippen LogP contribution >= 0.6 is 0 Å². The van der Waals surface area contributed by atoms with Gasteiger partial charge in [-0.1, -0.05) is 27.7 Å². The summed E-state index contributed by atoms with van der Waals surface area (Å²) in [6, 6.07) is 0. The van der Waals surface area contributed by atoms with E-state index in [4.69, 9.17) is 4.74 Å². The van der Waals surface area contributed by atoms with Gasteiger partial charge in [0.2, 0.25) is 0 Å². The summed E-state index contributed by atoms with van der Waals surface area (Å²) in [5.41, 5.74) is -2.58. The predicted molar refractivity (Wildman–Crippen MR) is 146 cm³/mol. The summed E-state index contributed by atoms with van der Waals surface area (Å²) in [7, 11) is 0. The van der Waals surface area contributed by atoms with E-state index in [0.29, 0.717) is 30.6 Å². The van der Waals surface area contributed by atoms with Crippen LogP contribution in [0.2, 0.25) is 0 Å². The third-order valence-corrected chi connectivity index (χ3v) is 11.8. The molecule has 0 aromatic carbocycles. The van der Waals surface area contributed by atoms with Crippen LogP contribution in [0.25, 0.3) is 0 Å². The molecule has 6 nitrogen and oxygen atoms in total. The lowest BCUT2D eigenvalue weighted by Crippen LogP contribution is -2.60. The van der Waals surface area contributed by atoms with Gasteiger partial charge in [0.1, 0.15) is 11.4 Å². The Kier molecular flexibility index (Phi) is 8.04. The van der Waals surface area contributed by atoms with E-state index in [0.717, 1.165) is 44.9 Å². The SMILES string of the molecule is C[C@H](CCC(=O)[C@@H](C)[C@@]1(O)C(=O)C[C@H]2[C@@H]3CC[C@H]4C[C@@H](O)CC[C@]4(C)[C@H]3CC[C@@]21C)COC(=O)C(C)(C)C. The van der Waals surface area contributed by atoms with Crippen molar-refractivity contribution in [2.24, 2.45) is 51.8 Å². The Morgan fingerprint density at radius 3 is 2.39 bits per heavy atom. The van der Waals surface area contributed by atoms with Gasteiger partial charge in [-0.05, 0) is 107 Å². The van der Waals surface area contributed by atoms with Gasteiger partial charge in [0, 0.05) is 18.3 Å². The average Bonchev–Trinajstić information content (AvgIpc) is 3.06. The Balaban J connectivity index is 1.43. The molecule has 0 spiro atoms. The molecule has 0 radical (unpaired) electrons. The van der Waals surface area contributed by atoms with Gasteiger partial charge in [-0.3, -0.25) is 14.4 Å². The molecule has 38 heavy (non-hydrogen) atoms. The quantitative estimate of drug-likeness (QED) is 0.419. The maximum Gasteiger partial charge on any atom is 0.311 e. The molecule has 10 atom stereocenters. The van der Waals surface area contributed by atoms with Crippen molar-refractivity contribution >= 4 is 17.5 Å². The first-order valence-corrected chi connectivity index (χ1v) is 15.2. The maximum atomic E-state index is 13.6. The van der Waals surface area contributed by atoms with E-state index in [-0.39, 0.29) is 53.9 Å². The van der Waals surface area contributed by atoms with Crippen LogP contribution in [0.5, 0.6) is 0 Å². The van der Waals surface area contributed by atoms with Gasteiger partial charge in [0.25, 0.3) is 0 Å². The summed E-state index contributed by atoms with van der Waals surface area (Å²) < 4.78 is 5.42. The van der Waals surface area contributed by atoms with Crippen molar-refractivity contribution in [3.05, 3.63) is 0 Å². The molecule has 4 rings (SSSR count). The number of carbonyl (C=O) groups excluding carboxylic acids is 3. The lowest BCUT2D eigenvalue weighted by atomic mass is 9.44. The van der Waals surface area contributed by atoms with Crippen LogP contribution in [0.1, 0.15) is 113 Å². The Morgan fingerprint density at radius 1 is 1.05 bits per heavy atom. The van der Waals surface area contributed by atoms with Crippen molar-refractivity contribution in [1.29, 1.82) is 0 Å². The van der Waals surface area contributed by atoms with Crippen molar-refractivity contribution < 1.29 is 29.3 Å². The first-order chi connectivity index (χ1) is 17.6. The zero-order chi connectivity index (χ0) is 28.3. The molecular weight excluding hydrogens is 480 g/mol. The van der Waals surface area contributed by atoms with Crippen LogP contribution in [0.3, 0.4) is 0 Å². The zero-order valence-electron chi connectivity index (χ0n) is 24.8. The number of hydrogen-bond donors (Lipinski definition) is 2. The highest BCUT2D eigenvalue weighted by Gasteiger charge is 2.70. The minimum atomic E-state index is -1.62. The minimum absolute atomic E-state index is 0.0232. The molecule has 4 aliphatic carbocycles. The van der Waals surface area contributed by atoms with Crippen LogP contribution in [0, 0.1) is 51.8 Å². The maximum absolute atomic E-state index is 13.6. The Bertz CT molecular complexity index is 937. The number of aliphatic hydroxyl groups is 2. The fraction of sp³-hybridized carbons (Fsp3) is 0.906. The summed E-state index contributed by atoms with van der Waals surface area (Å²) in [6.45, 7) is 13.9. The first-order valence-electron chi connectivity index (χ1n) is 15.2. The molecule has 0 aliphatic heterocycles. The largest absolute Gasteiger partial charge is 0.465 e. The molecule has 4 saturated carbocycles. The number of ketones is 2. The Morgan fingerprint density at radius 2 is 1.74 bits per heavy atom. The van der Waals surface area contributed by atoms with E-state index in [1.807, 2.05) is 27.7 Å². The Hall–Kier alpha value is -1.27. The molecule has 2 N–H and O–H groups in total. The number of Topliss-reactive ketones (excluding diaryl/α,β-unsaturated/α-hetero) is 2. The molecule has 0 aromatic heterocycles. The number of fused-ring (bicyclic) bond motifs is 5. The van der Waals surface area contributed by atoms with Crippen molar-refractivity contribution in [2.75, 3.05) is 6.61 Å². The predicted octanol–water partition coefficient (Wildman–Crippen LogP) is 5.51. The first kappa shape index (κ1) is 29.7. The van der Waals surface area contributed by atoms with E-state index >= 15 is 0 Å². The lowest BCUT2D eigenvalue weighted by molar-refractivity contribution is -0.181.